The molecule has 7 nitrogen and oxygen atoms in total. The minimum Gasteiger partial charge on any atom is -0.360 e. The first kappa shape index (κ1) is 18.8. The van der Waals surface area contributed by atoms with Gasteiger partial charge in [0.1, 0.15) is 5.76 Å². The summed E-state index contributed by atoms with van der Waals surface area (Å²) in [6, 6.07) is 10.1. The number of hydrogen-bond acceptors (Lipinski definition) is 5. The summed E-state index contributed by atoms with van der Waals surface area (Å²) in [5, 5.41) is 11.8. The Balaban J connectivity index is 1.52. The Bertz CT molecular complexity index is 992. The van der Waals surface area contributed by atoms with Gasteiger partial charge in [-0.3, -0.25) is 9.59 Å². The molecule has 0 aliphatic carbocycles. The van der Waals surface area contributed by atoms with Crippen LogP contribution in [-0.2, 0) is 11.3 Å². The van der Waals surface area contributed by atoms with Crippen LogP contribution in [0.1, 0.15) is 42.7 Å². The van der Waals surface area contributed by atoms with E-state index in [1.807, 2.05) is 25.1 Å². The molecule has 0 radical (unpaired) electrons. The van der Waals surface area contributed by atoms with E-state index in [1.54, 1.807) is 6.92 Å². The Morgan fingerprint density at radius 3 is 2.74 bits per heavy atom. The summed E-state index contributed by atoms with van der Waals surface area (Å²) >= 11 is 0. The second kappa shape index (κ2) is 8.16. The minimum absolute atomic E-state index is 0.0269. The van der Waals surface area contributed by atoms with Gasteiger partial charge in [0.2, 0.25) is 5.91 Å². The Morgan fingerprint density at radius 2 is 2.00 bits per heavy atom. The summed E-state index contributed by atoms with van der Waals surface area (Å²) in [4.78, 5) is 24.5. The lowest BCUT2D eigenvalue weighted by Gasteiger charge is -2.13. The monoisotopic (exact) mass is 368 g/mol. The SMILES string of the molecule is Cc1nn(CCCC(=O)NC[C@@H](C)c2ccccc2)c(=O)c2noc(C)c12. The fraction of sp³-hybridized carbons (Fsp3) is 0.400. The number of aryl methyl sites for hydroxylation is 3. The van der Waals surface area contributed by atoms with Gasteiger partial charge in [-0.2, -0.15) is 5.10 Å². The van der Waals surface area contributed by atoms with Crippen LogP contribution in [0.25, 0.3) is 10.9 Å². The molecule has 142 valence electrons. The highest BCUT2D eigenvalue weighted by Gasteiger charge is 2.15. The molecule has 1 atom stereocenters. The van der Waals surface area contributed by atoms with Crippen molar-refractivity contribution < 1.29 is 9.32 Å². The predicted octanol–water partition coefficient (Wildman–Crippen LogP) is 2.70. The van der Waals surface area contributed by atoms with Crippen molar-refractivity contribution in [2.45, 2.75) is 46.1 Å². The van der Waals surface area contributed by atoms with E-state index in [-0.39, 0.29) is 17.4 Å². The fourth-order valence-corrected chi connectivity index (χ4v) is 3.14. The Hall–Kier alpha value is -2.96. The number of benzene rings is 1. The van der Waals surface area contributed by atoms with E-state index >= 15 is 0 Å². The molecule has 0 fully saturated rings. The summed E-state index contributed by atoms with van der Waals surface area (Å²) in [5.74, 6) is 0.812. The van der Waals surface area contributed by atoms with E-state index in [9.17, 15) is 9.59 Å². The molecule has 3 aromatic rings. The Labute approximate surface area is 157 Å². The van der Waals surface area contributed by atoms with Gasteiger partial charge in [0.25, 0.3) is 5.56 Å². The zero-order chi connectivity index (χ0) is 19.4. The zero-order valence-electron chi connectivity index (χ0n) is 15.9. The number of rotatable bonds is 7. The van der Waals surface area contributed by atoms with Crippen molar-refractivity contribution in [1.82, 2.24) is 20.3 Å². The van der Waals surface area contributed by atoms with Crippen LogP contribution in [0, 0.1) is 13.8 Å². The van der Waals surface area contributed by atoms with Gasteiger partial charge >= 0.3 is 0 Å². The Kier molecular flexibility index (Phi) is 5.69. The summed E-state index contributed by atoms with van der Waals surface area (Å²) in [6.07, 6.45) is 0.866. The van der Waals surface area contributed by atoms with Gasteiger partial charge < -0.3 is 9.84 Å². The van der Waals surface area contributed by atoms with Crippen molar-refractivity contribution in [3.05, 3.63) is 57.7 Å². The molecule has 3 rings (SSSR count). The van der Waals surface area contributed by atoms with Crippen molar-refractivity contribution in [2.75, 3.05) is 6.54 Å². The van der Waals surface area contributed by atoms with Crippen LogP contribution >= 0.6 is 0 Å². The lowest BCUT2D eigenvalue weighted by molar-refractivity contribution is -0.121. The van der Waals surface area contributed by atoms with E-state index in [0.29, 0.717) is 48.3 Å². The number of hydrogen-bond donors (Lipinski definition) is 1. The van der Waals surface area contributed by atoms with Gasteiger partial charge in [0.05, 0.1) is 11.1 Å². The molecule has 7 heteroatoms. The normalized spacial score (nSPS) is 12.3. The number of nitrogens with one attached hydrogen (secondary N) is 1. The van der Waals surface area contributed by atoms with E-state index in [1.165, 1.54) is 10.2 Å². The topological polar surface area (TPSA) is 90.0 Å². The largest absolute Gasteiger partial charge is 0.360 e. The third-order valence-corrected chi connectivity index (χ3v) is 4.68. The molecule has 0 aliphatic rings. The van der Waals surface area contributed by atoms with Crippen LogP contribution in [0.2, 0.25) is 0 Å². The van der Waals surface area contributed by atoms with Crippen LogP contribution in [0.4, 0.5) is 0 Å². The predicted molar refractivity (Wildman–Crippen MR) is 103 cm³/mol. The molecule has 0 bridgehead atoms. The molecule has 27 heavy (non-hydrogen) atoms. The number of carbonyl (C=O) groups excluding carboxylic acids is 1. The van der Waals surface area contributed by atoms with E-state index < -0.39 is 0 Å². The lowest BCUT2D eigenvalue weighted by atomic mass is 10.0. The maximum atomic E-state index is 12.4. The molecule has 0 unspecified atom stereocenters. The first-order valence-electron chi connectivity index (χ1n) is 9.12. The average Bonchev–Trinajstić information content (AvgIpc) is 3.07. The highest BCUT2D eigenvalue weighted by molar-refractivity contribution is 5.81. The van der Waals surface area contributed by atoms with E-state index in [2.05, 4.69) is 34.6 Å². The molecular formula is C20H24N4O3. The Morgan fingerprint density at radius 1 is 1.26 bits per heavy atom. The van der Waals surface area contributed by atoms with Crippen LogP contribution in [-0.4, -0.2) is 27.4 Å². The summed E-state index contributed by atoms with van der Waals surface area (Å²) in [7, 11) is 0. The number of fused-ring (bicyclic) bond motifs is 1. The highest BCUT2D eigenvalue weighted by atomic mass is 16.5. The maximum Gasteiger partial charge on any atom is 0.296 e. The molecule has 0 spiro atoms. The van der Waals surface area contributed by atoms with Crippen LogP contribution < -0.4 is 10.9 Å². The number of carbonyl (C=O) groups is 1. The second-order valence-electron chi connectivity index (χ2n) is 6.80. The van der Waals surface area contributed by atoms with Crippen molar-refractivity contribution in [1.29, 1.82) is 0 Å². The molecular weight excluding hydrogens is 344 g/mol. The molecule has 1 aromatic carbocycles. The third-order valence-electron chi connectivity index (χ3n) is 4.68. The van der Waals surface area contributed by atoms with Crippen LogP contribution in [0.5, 0.6) is 0 Å². The molecule has 0 saturated carbocycles. The third kappa shape index (κ3) is 4.24. The summed E-state index contributed by atoms with van der Waals surface area (Å²) in [6.45, 7) is 6.61. The minimum atomic E-state index is -0.287. The maximum absolute atomic E-state index is 12.4. The lowest BCUT2D eigenvalue weighted by Crippen LogP contribution is -2.28. The van der Waals surface area contributed by atoms with Gasteiger partial charge in [-0.25, -0.2) is 4.68 Å². The van der Waals surface area contributed by atoms with Crippen LogP contribution in [0.3, 0.4) is 0 Å². The van der Waals surface area contributed by atoms with Crippen molar-refractivity contribution >= 4 is 16.8 Å². The van der Waals surface area contributed by atoms with Crippen LogP contribution in [0.15, 0.2) is 39.6 Å². The van der Waals surface area contributed by atoms with Gasteiger partial charge in [-0.15, -0.1) is 0 Å². The van der Waals surface area contributed by atoms with Gasteiger partial charge in [-0.1, -0.05) is 42.4 Å². The smallest absolute Gasteiger partial charge is 0.296 e. The molecule has 2 heterocycles. The van der Waals surface area contributed by atoms with E-state index in [0.717, 1.165) is 0 Å². The standard InChI is InChI=1S/C20H24N4O3/c1-13(16-8-5-4-6-9-16)12-21-17(25)10-7-11-24-20(26)19-18(14(2)22-24)15(3)27-23-19/h4-6,8-9,13H,7,10-12H2,1-3H3,(H,21,25)/t13-/m1/s1. The molecule has 1 amide bonds. The van der Waals surface area contributed by atoms with Crippen molar-refractivity contribution in [3.8, 4) is 0 Å². The zero-order valence-corrected chi connectivity index (χ0v) is 15.9. The molecule has 0 saturated heterocycles. The number of amides is 1. The van der Waals surface area contributed by atoms with Crippen molar-refractivity contribution in [2.24, 2.45) is 0 Å². The number of aromatic nitrogens is 3. The summed E-state index contributed by atoms with van der Waals surface area (Å²) < 4.78 is 6.46. The first-order valence-corrected chi connectivity index (χ1v) is 9.12. The number of nitrogens with zero attached hydrogens (tertiary/aromatic N) is 3. The molecule has 0 aliphatic heterocycles. The average molecular weight is 368 g/mol. The highest BCUT2D eigenvalue weighted by Crippen LogP contribution is 2.16. The summed E-state index contributed by atoms with van der Waals surface area (Å²) in [5.41, 5.74) is 1.90. The molecule has 2 aromatic heterocycles. The second-order valence-corrected chi connectivity index (χ2v) is 6.80. The van der Waals surface area contributed by atoms with Gasteiger partial charge in [0, 0.05) is 19.5 Å². The quantitative estimate of drug-likeness (QED) is 0.692. The first-order chi connectivity index (χ1) is 13.0. The van der Waals surface area contributed by atoms with Gasteiger partial charge in [-0.05, 0) is 31.7 Å². The van der Waals surface area contributed by atoms with Gasteiger partial charge in [0.15, 0.2) is 5.52 Å². The van der Waals surface area contributed by atoms with Crippen molar-refractivity contribution in [3.63, 3.8) is 0 Å². The molecule has 1 N–H and O–H groups in total. The van der Waals surface area contributed by atoms with E-state index in [4.69, 9.17) is 4.52 Å². The fourth-order valence-electron chi connectivity index (χ4n) is 3.14.